The number of hydrogen-bond donors (Lipinski definition) is 1. The summed E-state index contributed by atoms with van der Waals surface area (Å²) < 4.78 is 0. The van der Waals surface area contributed by atoms with Crippen molar-refractivity contribution < 1.29 is 0 Å². The summed E-state index contributed by atoms with van der Waals surface area (Å²) in [7, 11) is 0. The topological polar surface area (TPSA) is 12.0 Å². The second-order valence-electron chi connectivity index (χ2n) is 5.94. The second kappa shape index (κ2) is 4.22. The maximum atomic E-state index is 3.87. The fourth-order valence-electron chi connectivity index (χ4n) is 3.11. The van der Waals surface area contributed by atoms with Crippen LogP contribution >= 0.6 is 0 Å². The van der Waals surface area contributed by atoms with E-state index in [1.807, 2.05) is 0 Å². The molecule has 2 fully saturated rings. The molecule has 82 valence electrons. The first-order chi connectivity index (χ1) is 6.65. The Kier molecular flexibility index (Phi) is 3.16. The van der Waals surface area contributed by atoms with Gasteiger partial charge >= 0.3 is 0 Å². The van der Waals surface area contributed by atoms with Crippen LogP contribution in [0.1, 0.15) is 52.9 Å². The lowest BCUT2D eigenvalue weighted by molar-refractivity contribution is 0.158. The molecule has 0 heterocycles. The highest BCUT2D eigenvalue weighted by atomic mass is 15.0. The highest BCUT2D eigenvalue weighted by Crippen LogP contribution is 2.32. The van der Waals surface area contributed by atoms with E-state index in [0.717, 1.165) is 29.8 Å². The van der Waals surface area contributed by atoms with Crippen LogP contribution in [0.15, 0.2) is 0 Å². The highest BCUT2D eigenvalue weighted by molar-refractivity contribution is 4.89. The molecule has 0 amide bonds. The van der Waals surface area contributed by atoms with Crippen LogP contribution in [0.4, 0.5) is 0 Å². The minimum absolute atomic E-state index is 0.816. The van der Waals surface area contributed by atoms with Crippen molar-refractivity contribution in [2.45, 2.75) is 65.0 Å². The normalized spacial score (nSPS) is 48.6. The summed E-state index contributed by atoms with van der Waals surface area (Å²) in [6, 6.07) is 1.67. The molecule has 1 nitrogen and oxygen atoms in total. The Morgan fingerprint density at radius 1 is 0.857 bits per heavy atom. The van der Waals surface area contributed by atoms with Crippen molar-refractivity contribution in [3.63, 3.8) is 0 Å². The molecule has 0 radical (unpaired) electrons. The van der Waals surface area contributed by atoms with Crippen LogP contribution in [0, 0.1) is 17.8 Å². The first-order valence-electron chi connectivity index (χ1n) is 6.41. The van der Waals surface area contributed by atoms with Gasteiger partial charge in [0.25, 0.3) is 0 Å². The summed E-state index contributed by atoms with van der Waals surface area (Å²) >= 11 is 0. The summed E-state index contributed by atoms with van der Waals surface area (Å²) in [5.74, 6) is 2.83. The van der Waals surface area contributed by atoms with Crippen LogP contribution in [-0.2, 0) is 0 Å². The standard InChI is InChI=1S/C13H25N/c1-9-4-5-11(3)13(8-9)14-12-6-10(2)7-12/h9-14H,4-8H2,1-3H3. The van der Waals surface area contributed by atoms with Crippen LogP contribution in [-0.4, -0.2) is 12.1 Å². The zero-order chi connectivity index (χ0) is 10.1. The Balaban J connectivity index is 1.77. The molecule has 0 aromatic carbocycles. The Bertz CT molecular complexity index is 184. The van der Waals surface area contributed by atoms with Gasteiger partial charge < -0.3 is 5.32 Å². The minimum Gasteiger partial charge on any atom is -0.311 e. The average Bonchev–Trinajstić information content (AvgIpc) is 2.09. The molecule has 2 aliphatic rings. The van der Waals surface area contributed by atoms with Crippen molar-refractivity contribution in [3.8, 4) is 0 Å². The van der Waals surface area contributed by atoms with E-state index in [4.69, 9.17) is 0 Å². The van der Waals surface area contributed by atoms with Gasteiger partial charge in [-0.25, -0.2) is 0 Å². The first kappa shape index (κ1) is 10.5. The van der Waals surface area contributed by atoms with Crippen LogP contribution in [0.25, 0.3) is 0 Å². The molecule has 0 bridgehead atoms. The highest BCUT2D eigenvalue weighted by Gasteiger charge is 2.31. The third-order valence-corrected chi connectivity index (χ3v) is 4.28. The van der Waals surface area contributed by atoms with Gasteiger partial charge in [-0.1, -0.05) is 27.2 Å². The van der Waals surface area contributed by atoms with Gasteiger partial charge in [0.2, 0.25) is 0 Å². The smallest absolute Gasteiger partial charge is 0.00978 e. The minimum atomic E-state index is 0.816. The van der Waals surface area contributed by atoms with Crippen LogP contribution in [0.5, 0.6) is 0 Å². The molecule has 0 saturated heterocycles. The van der Waals surface area contributed by atoms with Gasteiger partial charge in [-0.2, -0.15) is 0 Å². The Hall–Kier alpha value is -0.0400. The van der Waals surface area contributed by atoms with Crippen molar-refractivity contribution in [2.24, 2.45) is 17.8 Å². The fourth-order valence-corrected chi connectivity index (χ4v) is 3.11. The van der Waals surface area contributed by atoms with Crippen LogP contribution in [0.2, 0.25) is 0 Å². The molecule has 0 aromatic heterocycles. The van der Waals surface area contributed by atoms with Gasteiger partial charge in [-0.3, -0.25) is 0 Å². The molecule has 2 aliphatic carbocycles. The van der Waals surface area contributed by atoms with E-state index in [1.165, 1.54) is 32.1 Å². The molecule has 2 saturated carbocycles. The maximum absolute atomic E-state index is 3.87. The van der Waals surface area contributed by atoms with Gasteiger partial charge in [0.15, 0.2) is 0 Å². The van der Waals surface area contributed by atoms with E-state index in [2.05, 4.69) is 26.1 Å². The van der Waals surface area contributed by atoms with Crippen molar-refractivity contribution in [1.29, 1.82) is 0 Å². The zero-order valence-electron chi connectivity index (χ0n) is 9.92. The SMILES string of the molecule is CC1CC(NC2CC(C)CCC2C)C1. The average molecular weight is 195 g/mol. The molecule has 1 heteroatoms. The monoisotopic (exact) mass is 195 g/mol. The molecule has 0 aliphatic heterocycles. The number of rotatable bonds is 2. The summed E-state index contributed by atoms with van der Waals surface area (Å²) in [6.07, 6.45) is 7.11. The molecule has 0 aromatic rings. The van der Waals surface area contributed by atoms with Crippen molar-refractivity contribution in [2.75, 3.05) is 0 Å². The van der Waals surface area contributed by atoms with E-state index in [-0.39, 0.29) is 0 Å². The maximum Gasteiger partial charge on any atom is 0.00978 e. The Morgan fingerprint density at radius 2 is 1.57 bits per heavy atom. The Labute approximate surface area is 88.7 Å². The lowest BCUT2D eigenvalue weighted by atomic mass is 9.76. The summed E-state index contributed by atoms with van der Waals surface area (Å²) in [6.45, 7) is 7.20. The second-order valence-corrected chi connectivity index (χ2v) is 5.94. The predicted molar refractivity (Wildman–Crippen MR) is 61.3 cm³/mol. The molecule has 3 unspecified atom stereocenters. The summed E-state index contributed by atoms with van der Waals surface area (Å²) in [4.78, 5) is 0. The van der Waals surface area contributed by atoms with Gasteiger partial charge in [0.1, 0.15) is 0 Å². The van der Waals surface area contributed by atoms with Crippen LogP contribution < -0.4 is 5.32 Å². The van der Waals surface area contributed by atoms with Gasteiger partial charge in [-0.05, 0) is 43.4 Å². The fraction of sp³-hybridized carbons (Fsp3) is 1.00. The summed E-state index contributed by atoms with van der Waals surface area (Å²) in [5, 5.41) is 3.87. The molecule has 0 spiro atoms. The van der Waals surface area contributed by atoms with E-state index < -0.39 is 0 Å². The van der Waals surface area contributed by atoms with E-state index in [1.54, 1.807) is 0 Å². The molecule has 1 N–H and O–H groups in total. The third-order valence-electron chi connectivity index (χ3n) is 4.28. The third kappa shape index (κ3) is 2.31. The summed E-state index contributed by atoms with van der Waals surface area (Å²) in [5.41, 5.74) is 0. The van der Waals surface area contributed by atoms with E-state index in [9.17, 15) is 0 Å². The van der Waals surface area contributed by atoms with Gasteiger partial charge in [0, 0.05) is 12.1 Å². The molecule has 2 rings (SSSR count). The van der Waals surface area contributed by atoms with Crippen molar-refractivity contribution in [3.05, 3.63) is 0 Å². The zero-order valence-corrected chi connectivity index (χ0v) is 9.92. The van der Waals surface area contributed by atoms with Gasteiger partial charge in [0.05, 0.1) is 0 Å². The van der Waals surface area contributed by atoms with E-state index >= 15 is 0 Å². The number of nitrogens with one attached hydrogen (secondary N) is 1. The van der Waals surface area contributed by atoms with E-state index in [0.29, 0.717) is 0 Å². The molecule has 3 atom stereocenters. The number of hydrogen-bond acceptors (Lipinski definition) is 1. The van der Waals surface area contributed by atoms with Gasteiger partial charge in [-0.15, -0.1) is 0 Å². The first-order valence-corrected chi connectivity index (χ1v) is 6.41. The quantitative estimate of drug-likeness (QED) is 0.713. The molecule has 14 heavy (non-hydrogen) atoms. The van der Waals surface area contributed by atoms with Crippen molar-refractivity contribution >= 4 is 0 Å². The lowest BCUT2D eigenvalue weighted by Gasteiger charge is -2.41. The molecular formula is C13H25N. The predicted octanol–water partition coefficient (Wildman–Crippen LogP) is 3.20. The van der Waals surface area contributed by atoms with Crippen molar-refractivity contribution in [1.82, 2.24) is 5.32 Å². The molecular weight excluding hydrogens is 170 g/mol. The lowest BCUT2D eigenvalue weighted by Crippen LogP contribution is -2.49. The Morgan fingerprint density at radius 3 is 2.21 bits per heavy atom. The largest absolute Gasteiger partial charge is 0.311 e. The van der Waals surface area contributed by atoms with Crippen LogP contribution in [0.3, 0.4) is 0 Å².